The number of hydrogen-bond acceptors (Lipinski definition) is 5. The molecule has 1 aromatic carbocycles. The molecule has 4 N–H and O–H groups in total. The first kappa shape index (κ1) is 16.7. The number of phenols is 1. The number of aliphatic hydroxyl groups excluding tert-OH is 1. The molecule has 25 heavy (non-hydrogen) atoms. The first-order valence-electron chi connectivity index (χ1n) is 9.44. The quantitative estimate of drug-likeness (QED) is 0.568. The van der Waals surface area contributed by atoms with Gasteiger partial charge in [-0.25, -0.2) is 0 Å². The first-order valence-corrected chi connectivity index (χ1v) is 9.44. The molecule has 5 atom stereocenters. The minimum atomic E-state index is -0.197. The Balaban J connectivity index is 1.79. The Morgan fingerprint density at radius 3 is 2.84 bits per heavy atom. The summed E-state index contributed by atoms with van der Waals surface area (Å²) >= 11 is 0. The zero-order valence-electron chi connectivity index (χ0n) is 15.0. The first-order chi connectivity index (χ1) is 12.0. The Kier molecular flexibility index (Phi) is 3.95. The third-order valence-corrected chi connectivity index (χ3v) is 7.11. The Bertz CT molecular complexity index is 717. The van der Waals surface area contributed by atoms with Crippen LogP contribution in [-0.2, 0) is 0 Å². The van der Waals surface area contributed by atoms with Crippen molar-refractivity contribution in [2.45, 2.75) is 58.0 Å². The topological polar surface area (TPSA) is 88.1 Å². The normalized spacial score (nSPS) is 38.1. The van der Waals surface area contributed by atoms with Crippen LogP contribution < -0.4 is 10.6 Å². The third kappa shape index (κ3) is 2.35. The smallest absolute Gasteiger partial charge is 0.161 e. The molecule has 4 rings (SSSR count). The molecule has 2 saturated carbocycles. The molecule has 1 unspecified atom stereocenters. The number of hydrogen-bond donors (Lipinski definition) is 3. The zero-order valence-corrected chi connectivity index (χ0v) is 15.0. The summed E-state index contributed by atoms with van der Waals surface area (Å²) in [4.78, 5) is 0. The molecule has 0 saturated heterocycles. The van der Waals surface area contributed by atoms with Crippen molar-refractivity contribution in [1.29, 1.82) is 0 Å². The number of aliphatic hydroxyl groups is 1. The summed E-state index contributed by atoms with van der Waals surface area (Å²) in [7, 11) is 0. The molecule has 5 nitrogen and oxygen atoms in total. The van der Waals surface area contributed by atoms with Gasteiger partial charge in [0.2, 0.25) is 0 Å². The van der Waals surface area contributed by atoms with E-state index in [-0.39, 0.29) is 17.3 Å². The van der Waals surface area contributed by atoms with Crippen molar-refractivity contribution < 1.29 is 14.9 Å². The van der Waals surface area contributed by atoms with E-state index in [0.717, 1.165) is 43.4 Å². The molecule has 1 aromatic rings. The second-order valence-electron chi connectivity index (χ2n) is 8.13. The number of fused-ring (bicyclic) bond motifs is 5. The van der Waals surface area contributed by atoms with Crippen LogP contribution in [0.5, 0.6) is 11.5 Å². The molecule has 5 heteroatoms. The van der Waals surface area contributed by atoms with Gasteiger partial charge >= 0.3 is 0 Å². The maximum absolute atomic E-state index is 10.5. The van der Waals surface area contributed by atoms with Crippen LogP contribution in [0.25, 0.3) is 0 Å². The predicted octanol–water partition coefficient (Wildman–Crippen LogP) is 3.13. The van der Waals surface area contributed by atoms with Gasteiger partial charge < -0.3 is 20.8 Å². The Hall–Kier alpha value is -1.75. The minimum Gasteiger partial charge on any atom is -0.504 e. The molecule has 3 aliphatic rings. The highest BCUT2D eigenvalue weighted by molar-refractivity contribution is 6.03. The van der Waals surface area contributed by atoms with Crippen LogP contribution in [0.4, 0.5) is 0 Å². The zero-order chi connectivity index (χ0) is 17.8. The molecule has 0 aliphatic heterocycles. The second kappa shape index (κ2) is 5.90. The minimum absolute atomic E-state index is 0.0120. The molecular weight excluding hydrogens is 316 g/mol. The van der Waals surface area contributed by atoms with Gasteiger partial charge in [-0.2, -0.15) is 5.10 Å². The molecule has 0 spiro atoms. The number of hydrazone groups is 1. The van der Waals surface area contributed by atoms with Crippen molar-refractivity contribution in [2.75, 3.05) is 6.61 Å². The average molecular weight is 344 g/mol. The van der Waals surface area contributed by atoms with Gasteiger partial charge in [0.05, 0.1) is 18.4 Å². The van der Waals surface area contributed by atoms with E-state index in [0.29, 0.717) is 30.1 Å². The molecule has 0 bridgehead atoms. The summed E-state index contributed by atoms with van der Waals surface area (Å²) in [5, 5.41) is 24.9. The lowest BCUT2D eigenvalue weighted by molar-refractivity contribution is -0.0177. The van der Waals surface area contributed by atoms with E-state index >= 15 is 0 Å². The highest BCUT2D eigenvalue weighted by Crippen LogP contribution is 2.61. The highest BCUT2D eigenvalue weighted by Gasteiger charge is 2.55. The van der Waals surface area contributed by atoms with Crippen LogP contribution in [0.2, 0.25) is 0 Å². The van der Waals surface area contributed by atoms with Crippen molar-refractivity contribution in [3.8, 4) is 11.5 Å². The average Bonchev–Trinajstić information content (AvgIpc) is 2.90. The van der Waals surface area contributed by atoms with Gasteiger partial charge in [-0.3, -0.25) is 0 Å². The molecule has 0 aromatic heterocycles. The monoisotopic (exact) mass is 344 g/mol. The lowest BCUT2D eigenvalue weighted by atomic mass is 9.55. The number of rotatable bonds is 2. The van der Waals surface area contributed by atoms with Crippen molar-refractivity contribution in [1.82, 2.24) is 0 Å². The summed E-state index contributed by atoms with van der Waals surface area (Å²) in [6, 6.07) is 3.75. The summed E-state index contributed by atoms with van der Waals surface area (Å²) in [6.07, 6.45) is 4.69. The SMILES string of the molecule is CCOc1cc2c(cc1O)/C(=N\N)C[C@@H]1[C@@H]2CC[C@]2(C)C(O)CC[C@@H]12. The van der Waals surface area contributed by atoms with Crippen LogP contribution in [-0.4, -0.2) is 28.6 Å². The summed E-state index contributed by atoms with van der Waals surface area (Å²) in [6.45, 7) is 4.69. The van der Waals surface area contributed by atoms with Crippen molar-refractivity contribution in [3.05, 3.63) is 23.3 Å². The van der Waals surface area contributed by atoms with Gasteiger partial charge in [-0.15, -0.1) is 0 Å². The van der Waals surface area contributed by atoms with Gasteiger partial charge in [0.15, 0.2) is 11.5 Å². The lowest BCUT2D eigenvalue weighted by Gasteiger charge is -2.50. The fraction of sp³-hybridized carbons (Fsp3) is 0.650. The third-order valence-electron chi connectivity index (χ3n) is 7.11. The highest BCUT2D eigenvalue weighted by atomic mass is 16.5. The fourth-order valence-corrected chi connectivity index (χ4v) is 5.80. The van der Waals surface area contributed by atoms with Crippen LogP contribution in [0.1, 0.15) is 63.0 Å². The van der Waals surface area contributed by atoms with Crippen LogP contribution in [0.3, 0.4) is 0 Å². The van der Waals surface area contributed by atoms with Gasteiger partial charge in [-0.05, 0) is 79.9 Å². The molecule has 3 aliphatic carbocycles. The predicted molar refractivity (Wildman–Crippen MR) is 96.9 cm³/mol. The standard InChI is InChI=1S/C20H28N2O3/c1-3-25-18-10-12-11-6-7-20(2)15(4-5-19(20)24)13(11)8-16(22-21)14(12)9-17(18)23/h9-11,13,15,19,23-24H,3-8,21H2,1-2H3/b22-16-/t11-,13-,15+,19?,20+/m1/s1. The Morgan fingerprint density at radius 2 is 2.12 bits per heavy atom. The maximum Gasteiger partial charge on any atom is 0.161 e. The molecule has 0 heterocycles. The van der Waals surface area contributed by atoms with Crippen molar-refractivity contribution >= 4 is 5.71 Å². The molecular formula is C20H28N2O3. The van der Waals surface area contributed by atoms with Crippen LogP contribution in [0, 0.1) is 17.3 Å². The van der Waals surface area contributed by atoms with Crippen LogP contribution in [0.15, 0.2) is 17.2 Å². The van der Waals surface area contributed by atoms with E-state index in [2.05, 4.69) is 12.0 Å². The Morgan fingerprint density at radius 1 is 1.32 bits per heavy atom. The van der Waals surface area contributed by atoms with E-state index in [1.807, 2.05) is 13.0 Å². The summed E-state index contributed by atoms with van der Waals surface area (Å²) < 4.78 is 5.61. The molecule has 0 radical (unpaired) electrons. The van der Waals surface area contributed by atoms with E-state index in [4.69, 9.17) is 10.6 Å². The second-order valence-corrected chi connectivity index (χ2v) is 8.13. The molecule has 136 valence electrons. The number of phenolic OH excluding ortho intramolecular Hbond substituents is 1. The van der Waals surface area contributed by atoms with Crippen LogP contribution >= 0.6 is 0 Å². The summed E-state index contributed by atoms with van der Waals surface area (Å²) in [5.41, 5.74) is 3.04. The Labute approximate surface area is 148 Å². The van der Waals surface area contributed by atoms with E-state index in [1.165, 1.54) is 5.56 Å². The fourth-order valence-electron chi connectivity index (χ4n) is 5.80. The molecule has 2 fully saturated rings. The van der Waals surface area contributed by atoms with Gasteiger partial charge in [0.25, 0.3) is 0 Å². The number of benzene rings is 1. The number of ether oxygens (including phenoxy) is 1. The van der Waals surface area contributed by atoms with Gasteiger partial charge in [0, 0.05) is 5.56 Å². The van der Waals surface area contributed by atoms with E-state index < -0.39 is 0 Å². The van der Waals surface area contributed by atoms with Gasteiger partial charge in [-0.1, -0.05) is 6.92 Å². The van der Waals surface area contributed by atoms with E-state index in [1.54, 1.807) is 6.07 Å². The lowest BCUT2D eigenvalue weighted by Crippen LogP contribution is -2.45. The molecule has 0 amide bonds. The van der Waals surface area contributed by atoms with E-state index in [9.17, 15) is 10.2 Å². The van der Waals surface area contributed by atoms with Gasteiger partial charge in [0.1, 0.15) is 0 Å². The number of nitrogens with two attached hydrogens (primary N) is 1. The van der Waals surface area contributed by atoms with Crippen molar-refractivity contribution in [2.24, 2.45) is 28.2 Å². The maximum atomic E-state index is 10.5. The number of aromatic hydroxyl groups is 1. The number of nitrogens with zero attached hydrogens (tertiary/aromatic N) is 1. The summed E-state index contributed by atoms with van der Waals surface area (Å²) in [5.74, 6) is 7.76. The largest absolute Gasteiger partial charge is 0.504 e. The van der Waals surface area contributed by atoms with Crippen molar-refractivity contribution in [3.63, 3.8) is 0 Å².